The summed E-state index contributed by atoms with van der Waals surface area (Å²) < 4.78 is 0. The topological polar surface area (TPSA) is 58.1 Å². The highest BCUT2D eigenvalue weighted by Crippen LogP contribution is 2.40. The second kappa shape index (κ2) is 7.53. The molecule has 0 aliphatic carbocycles. The first-order valence-corrected chi connectivity index (χ1v) is 10.3. The Balaban J connectivity index is 1.46. The van der Waals surface area contributed by atoms with Crippen LogP contribution in [0, 0.1) is 5.41 Å². The lowest BCUT2D eigenvalue weighted by Crippen LogP contribution is -2.45. The van der Waals surface area contributed by atoms with E-state index in [4.69, 9.17) is 4.98 Å². The highest BCUT2D eigenvalue weighted by Gasteiger charge is 2.47. The Morgan fingerprint density at radius 1 is 1.18 bits per heavy atom. The van der Waals surface area contributed by atoms with Gasteiger partial charge in [0.2, 0.25) is 5.91 Å². The number of rotatable bonds is 5. The van der Waals surface area contributed by atoms with Gasteiger partial charge < -0.3 is 10.2 Å². The van der Waals surface area contributed by atoms with Crippen molar-refractivity contribution in [3.8, 4) is 0 Å². The van der Waals surface area contributed by atoms with Crippen LogP contribution in [0.15, 0.2) is 42.6 Å². The minimum Gasteiger partial charge on any atom is -0.351 e. The van der Waals surface area contributed by atoms with Crippen LogP contribution in [0.4, 0.5) is 5.82 Å². The molecule has 2 aliphatic rings. The van der Waals surface area contributed by atoms with Gasteiger partial charge in [-0.2, -0.15) is 0 Å². The molecule has 3 atom stereocenters. The van der Waals surface area contributed by atoms with Gasteiger partial charge in [0.25, 0.3) is 0 Å². The summed E-state index contributed by atoms with van der Waals surface area (Å²) in [6.07, 6.45) is 6.47. The lowest BCUT2D eigenvalue weighted by molar-refractivity contribution is -0.123. The van der Waals surface area contributed by atoms with E-state index in [0.717, 1.165) is 30.9 Å². The predicted octanol–water partition coefficient (Wildman–Crippen LogP) is 3.73. The first-order chi connectivity index (χ1) is 13.4. The van der Waals surface area contributed by atoms with Gasteiger partial charge in [0, 0.05) is 25.1 Å². The number of fused-ring (bicyclic) bond motifs is 2. The summed E-state index contributed by atoms with van der Waals surface area (Å²) in [6.45, 7) is 6.32. The maximum absolute atomic E-state index is 12.4. The number of hydrogen-bond acceptors (Lipinski definition) is 4. The minimum absolute atomic E-state index is 0.0143. The molecule has 0 radical (unpaired) electrons. The number of benzene rings is 1. The molecule has 1 N–H and O–H groups in total. The van der Waals surface area contributed by atoms with Gasteiger partial charge in [-0.15, -0.1) is 0 Å². The monoisotopic (exact) mass is 378 g/mol. The Labute approximate surface area is 167 Å². The maximum atomic E-state index is 12.4. The van der Waals surface area contributed by atoms with Crippen LogP contribution in [-0.4, -0.2) is 34.0 Å². The first-order valence-electron chi connectivity index (χ1n) is 10.3. The van der Waals surface area contributed by atoms with Crippen molar-refractivity contribution in [1.82, 2.24) is 15.3 Å². The van der Waals surface area contributed by atoms with Crippen molar-refractivity contribution in [1.29, 1.82) is 0 Å². The van der Waals surface area contributed by atoms with Gasteiger partial charge in [-0.1, -0.05) is 51.1 Å². The molecule has 3 heterocycles. The molecule has 1 aromatic heterocycles. The fraction of sp³-hybridized carbons (Fsp3) is 0.522. The number of nitrogens with one attached hydrogen (secondary N) is 1. The van der Waals surface area contributed by atoms with Crippen molar-refractivity contribution in [2.45, 2.75) is 71.0 Å². The number of carbonyl (C=O) groups excluding carboxylic acids is 1. The van der Waals surface area contributed by atoms with Crippen LogP contribution in [-0.2, 0) is 11.2 Å². The van der Waals surface area contributed by atoms with Crippen molar-refractivity contribution in [2.75, 3.05) is 4.90 Å². The molecule has 5 heteroatoms. The Morgan fingerprint density at radius 2 is 1.96 bits per heavy atom. The highest BCUT2D eigenvalue weighted by molar-refractivity contribution is 5.77. The van der Waals surface area contributed by atoms with Gasteiger partial charge in [0.05, 0.1) is 12.1 Å². The van der Waals surface area contributed by atoms with Crippen LogP contribution in [0.2, 0.25) is 0 Å². The maximum Gasteiger partial charge on any atom is 0.220 e. The molecule has 0 spiro atoms. The van der Waals surface area contributed by atoms with Gasteiger partial charge in [-0.05, 0) is 36.3 Å². The number of anilines is 1. The number of carbonyl (C=O) groups is 1. The van der Waals surface area contributed by atoms with E-state index in [0.29, 0.717) is 18.5 Å². The Morgan fingerprint density at radius 3 is 2.71 bits per heavy atom. The van der Waals surface area contributed by atoms with Crippen molar-refractivity contribution in [3.63, 3.8) is 0 Å². The molecule has 2 aromatic rings. The molecular weight excluding hydrogens is 348 g/mol. The number of aromatic nitrogens is 2. The molecular formula is C23H30N4O. The molecule has 4 rings (SSSR count). The molecule has 2 fully saturated rings. The molecule has 1 aromatic carbocycles. The van der Waals surface area contributed by atoms with E-state index in [9.17, 15) is 4.79 Å². The third-order valence-electron chi connectivity index (χ3n) is 5.73. The van der Waals surface area contributed by atoms with E-state index >= 15 is 0 Å². The third-order valence-corrected chi connectivity index (χ3v) is 5.73. The lowest BCUT2D eigenvalue weighted by Gasteiger charge is -2.27. The van der Waals surface area contributed by atoms with Crippen LogP contribution < -0.4 is 10.2 Å². The normalized spacial score (nSPS) is 23.8. The van der Waals surface area contributed by atoms with Crippen LogP contribution in [0.25, 0.3) is 0 Å². The van der Waals surface area contributed by atoms with E-state index in [1.807, 2.05) is 30.5 Å². The molecule has 2 aliphatic heterocycles. The Hall–Kier alpha value is -2.43. The van der Waals surface area contributed by atoms with Gasteiger partial charge in [0.15, 0.2) is 0 Å². The van der Waals surface area contributed by atoms with E-state index in [1.165, 1.54) is 12.0 Å². The summed E-state index contributed by atoms with van der Waals surface area (Å²) in [4.78, 5) is 24.2. The highest BCUT2D eigenvalue weighted by atomic mass is 16.1. The Bertz CT molecular complexity index is 830. The number of hydrogen-bond donors (Lipinski definition) is 1. The standard InChI is InChI=1S/C23H30N4O/c1-23(2,3)15-22(28)25-18-14-17-9-10-19(18)27(17)21-11-12-24-20(26-21)13-16-7-5-4-6-8-16/h4-8,11-12,17-19H,9-10,13-15H2,1-3H3,(H,25,28)/t17-,18+,19+/m0/s1. The van der Waals surface area contributed by atoms with Crippen LogP contribution >= 0.6 is 0 Å². The van der Waals surface area contributed by atoms with E-state index in [-0.39, 0.29) is 17.4 Å². The van der Waals surface area contributed by atoms with Crippen molar-refractivity contribution >= 4 is 11.7 Å². The minimum atomic E-state index is 0.0143. The van der Waals surface area contributed by atoms with E-state index in [1.54, 1.807) is 0 Å². The lowest BCUT2D eigenvalue weighted by atomic mass is 9.90. The number of nitrogens with zero attached hydrogens (tertiary/aromatic N) is 3. The summed E-state index contributed by atoms with van der Waals surface area (Å²) >= 11 is 0. The average molecular weight is 379 g/mol. The van der Waals surface area contributed by atoms with E-state index < -0.39 is 0 Å². The van der Waals surface area contributed by atoms with Gasteiger partial charge >= 0.3 is 0 Å². The first kappa shape index (κ1) is 18.9. The zero-order chi connectivity index (χ0) is 19.7. The van der Waals surface area contributed by atoms with E-state index in [2.05, 4.69) is 48.1 Å². The fourth-order valence-electron chi connectivity index (χ4n) is 4.64. The average Bonchev–Trinajstić information content (AvgIpc) is 3.19. The zero-order valence-electron chi connectivity index (χ0n) is 17.1. The van der Waals surface area contributed by atoms with Gasteiger partial charge in [-0.3, -0.25) is 4.79 Å². The summed E-state index contributed by atoms with van der Waals surface area (Å²) in [5.41, 5.74) is 1.23. The quantitative estimate of drug-likeness (QED) is 0.861. The predicted molar refractivity (Wildman–Crippen MR) is 111 cm³/mol. The van der Waals surface area contributed by atoms with Crippen LogP contribution in [0.5, 0.6) is 0 Å². The molecule has 0 unspecified atom stereocenters. The van der Waals surface area contributed by atoms with Crippen molar-refractivity contribution in [2.24, 2.45) is 5.41 Å². The van der Waals surface area contributed by atoms with Crippen molar-refractivity contribution in [3.05, 3.63) is 54.0 Å². The Kier molecular flexibility index (Phi) is 5.09. The second-order valence-corrected chi connectivity index (χ2v) is 9.35. The summed E-state index contributed by atoms with van der Waals surface area (Å²) in [5.74, 6) is 2.02. The second-order valence-electron chi connectivity index (χ2n) is 9.35. The molecule has 2 bridgehead atoms. The molecule has 28 heavy (non-hydrogen) atoms. The third kappa shape index (κ3) is 4.18. The molecule has 2 saturated heterocycles. The van der Waals surface area contributed by atoms with Crippen molar-refractivity contribution < 1.29 is 4.79 Å². The van der Waals surface area contributed by atoms with Crippen LogP contribution in [0.3, 0.4) is 0 Å². The summed E-state index contributed by atoms with van der Waals surface area (Å²) in [5, 5.41) is 3.30. The molecule has 0 saturated carbocycles. The molecule has 148 valence electrons. The summed E-state index contributed by atoms with van der Waals surface area (Å²) in [6, 6.07) is 13.4. The molecule has 1 amide bonds. The fourth-order valence-corrected chi connectivity index (χ4v) is 4.64. The van der Waals surface area contributed by atoms with Gasteiger partial charge in [-0.25, -0.2) is 9.97 Å². The smallest absolute Gasteiger partial charge is 0.220 e. The van der Waals surface area contributed by atoms with Crippen LogP contribution in [0.1, 0.15) is 57.8 Å². The summed E-state index contributed by atoms with van der Waals surface area (Å²) in [7, 11) is 0. The van der Waals surface area contributed by atoms with Gasteiger partial charge in [0.1, 0.15) is 11.6 Å². The molecule has 5 nitrogen and oxygen atoms in total. The number of amides is 1. The zero-order valence-corrected chi connectivity index (χ0v) is 17.1. The SMILES string of the molecule is CC(C)(C)CC(=O)N[C@@H]1C[C@@H]2CC[C@H]1N2c1ccnc(Cc2ccccc2)n1. The largest absolute Gasteiger partial charge is 0.351 e.